The molecule has 0 radical (unpaired) electrons. The molecular formula is C27H33N3O5. The molecule has 1 fully saturated rings. The minimum Gasteiger partial charge on any atom is -0.480 e. The number of benzene rings is 2. The molecule has 2 aromatic carbocycles. The highest BCUT2D eigenvalue weighted by molar-refractivity contribution is 5.86. The second-order valence-corrected chi connectivity index (χ2v) is 9.57. The number of carboxylic acid groups (broad SMARTS) is 1. The molecule has 0 bridgehead atoms. The number of nitrogens with one attached hydrogen (secondary N) is 1. The van der Waals surface area contributed by atoms with E-state index in [0.29, 0.717) is 26.2 Å². The maximum atomic E-state index is 13.2. The molecule has 4 rings (SSSR count). The normalized spacial score (nSPS) is 17.4. The summed E-state index contributed by atoms with van der Waals surface area (Å²) in [4.78, 5) is 40.7. The predicted octanol–water partition coefficient (Wildman–Crippen LogP) is 3.17. The lowest BCUT2D eigenvalue weighted by molar-refractivity contribution is -0.144. The highest BCUT2D eigenvalue weighted by Gasteiger charge is 2.34. The fraction of sp³-hybridized carbons (Fsp3) is 0.444. The molecule has 0 spiro atoms. The number of piperazine rings is 1. The average Bonchev–Trinajstić information content (AvgIpc) is 3.18. The minimum absolute atomic E-state index is 0.0503. The smallest absolute Gasteiger partial charge is 0.407 e. The van der Waals surface area contributed by atoms with E-state index in [2.05, 4.69) is 29.6 Å². The van der Waals surface area contributed by atoms with E-state index in [-0.39, 0.29) is 24.3 Å². The number of rotatable bonds is 7. The monoisotopic (exact) mass is 479 g/mol. The van der Waals surface area contributed by atoms with Gasteiger partial charge in [-0.1, -0.05) is 62.4 Å². The van der Waals surface area contributed by atoms with Gasteiger partial charge in [0.2, 0.25) is 5.91 Å². The number of carbonyl (C=O) groups excluding carboxylic acids is 2. The topological polar surface area (TPSA) is 99.2 Å². The van der Waals surface area contributed by atoms with Gasteiger partial charge in [-0.15, -0.1) is 0 Å². The SMILES string of the molecule is CC(C)[C@@H](NC(=O)OCC1c2ccccc2-c2ccccc21)C(=O)N1CCN(C(C)C(=O)O)CC1. The van der Waals surface area contributed by atoms with Crippen LogP contribution in [0.4, 0.5) is 4.79 Å². The van der Waals surface area contributed by atoms with Gasteiger partial charge < -0.3 is 20.1 Å². The first-order valence-electron chi connectivity index (χ1n) is 12.1. The molecule has 1 aliphatic carbocycles. The maximum Gasteiger partial charge on any atom is 0.407 e. The van der Waals surface area contributed by atoms with Crippen molar-refractivity contribution >= 4 is 18.0 Å². The lowest BCUT2D eigenvalue weighted by atomic mass is 9.98. The molecule has 1 unspecified atom stereocenters. The van der Waals surface area contributed by atoms with Crippen molar-refractivity contribution in [3.8, 4) is 11.1 Å². The number of carbonyl (C=O) groups is 3. The fourth-order valence-electron chi connectivity index (χ4n) is 4.96. The number of alkyl carbamates (subject to hydrolysis) is 1. The summed E-state index contributed by atoms with van der Waals surface area (Å²) in [7, 11) is 0. The summed E-state index contributed by atoms with van der Waals surface area (Å²) in [6.07, 6.45) is -0.614. The zero-order chi connectivity index (χ0) is 25.1. The number of aliphatic carboxylic acids is 1. The Morgan fingerprint density at radius 2 is 1.49 bits per heavy atom. The van der Waals surface area contributed by atoms with Crippen LogP contribution in [-0.4, -0.2) is 77.7 Å². The van der Waals surface area contributed by atoms with E-state index in [0.717, 1.165) is 22.3 Å². The van der Waals surface area contributed by atoms with Crippen LogP contribution in [0, 0.1) is 5.92 Å². The van der Waals surface area contributed by atoms with Gasteiger partial charge in [-0.25, -0.2) is 4.79 Å². The number of amides is 2. The van der Waals surface area contributed by atoms with Crippen LogP contribution in [0.1, 0.15) is 37.8 Å². The summed E-state index contributed by atoms with van der Waals surface area (Å²) in [5.74, 6) is -1.22. The summed E-state index contributed by atoms with van der Waals surface area (Å²) in [6, 6.07) is 15.0. The Hall–Kier alpha value is -3.39. The van der Waals surface area contributed by atoms with Gasteiger partial charge in [0, 0.05) is 32.1 Å². The van der Waals surface area contributed by atoms with Gasteiger partial charge in [0.1, 0.15) is 18.7 Å². The lowest BCUT2D eigenvalue weighted by Gasteiger charge is -2.38. The molecule has 2 amide bonds. The largest absolute Gasteiger partial charge is 0.480 e. The number of fused-ring (bicyclic) bond motifs is 3. The van der Waals surface area contributed by atoms with E-state index in [9.17, 15) is 19.5 Å². The summed E-state index contributed by atoms with van der Waals surface area (Å²) in [6.45, 7) is 7.41. The summed E-state index contributed by atoms with van der Waals surface area (Å²) < 4.78 is 5.64. The molecule has 8 heteroatoms. The quantitative estimate of drug-likeness (QED) is 0.633. The first-order valence-corrected chi connectivity index (χ1v) is 12.1. The Balaban J connectivity index is 1.36. The molecule has 2 N–H and O–H groups in total. The Kier molecular flexibility index (Phi) is 7.40. The van der Waals surface area contributed by atoms with Crippen LogP contribution in [0.25, 0.3) is 11.1 Å². The van der Waals surface area contributed by atoms with Crippen LogP contribution in [0.2, 0.25) is 0 Å². The number of hydrogen-bond acceptors (Lipinski definition) is 5. The van der Waals surface area contributed by atoms with Crippen molar-refractivity contribution < 1.29 is 24.2 Å². The average molecular weight is 480 g/mol. The van der Waals surface area contributed by atoms with Crippen molar-refractivity contribution in [2.45, 2.75) is 38.8 Å². The number of nitrogens with zero attached hydrogens (tertiary/aromatic N) is 2. The molecule has 35 heavy (non-hydrogen) atoms. The highest BCUT2D eigenvalue weighted by Crippen LogP contribution is 2.44. The van der Waals surface area contributed by atoms with Crippen molar-refractivity contribution in [2.24, 2.45) is 5.92 Å². The molecule has 8 nitrogen and oxygen atoms in total. The van der Waals surface area contributed by atoms with Crippen molar-refractivity contribution in [3.05, 3.63) is 59.7 Å². The maximum absolute atomic E-state index is 13.2. The first kappa shape index (κ1) is 24.7. The van der Waals surface area contributed by atoms with Crippen LogP contribution in [0.15, 0.2) is 48.5 Å². The van der Waals surface area contributed by atoms with Gasteiger partial charge in [0.05, 0.1) is 0 Å². The Morgan fingerprint density at radius 1 is 0.943 bits per heavy atom. The van der Waals surface area contributed by atoms with Crippen molar-refractivity contribution in [1.29, 1.82) is 0 Å². The van der Waals surface area contributed by atoms with Crippen molar-refractivity contribution in [2.75, 3.05) is 32.8 Å². The molecule has 2 atom stereocenters. The van der Waals surface area contributed by atoms with E-state index < -0.39 is 24.1 Å². The summed E-state index contributed by atoms with van der Waals surface area (Å²) in [5, 5.41) is 12.0. The van der Waals surface area contributed by atoms with Crippen LogP contribution in [0.3, 0.4) is 0 Å². The zero-order valence-electron chi connectivity index (χ0n) is 20.4. The standard InChI is InChI=1S/C27H33N3O5/c1-17(2)24(25(31)30-14-12-29(13-15-30)18(3)26(32)33)28-27(34)35-16-23-21-10-6-4-8-19(21)20-9-5-7-11-22(20)23/h4-11,17-18,23-24H,12-16H2,1-3H3,(H,28,34)(H,32,33)/t18?,24-/m1/s1. The van der Waals surface area contributed by atoms with Gasteiger partial charge in [-0.05, 0) is 35.1 Å². The van der Waals surface area contributed by atoms with Gasteiger partial charge in [-0.3, -0.25) is 14.5 Å². The Labute approximate surface area is 205 Å². The summed E-state index contributed by atoms with van der Waals surface area (Å²) >= 11 is 0. The molecule has 2 aromatic rings. The summed E-state index contributed by atoms with van der Waals surface area (Å²) in [5.41, 5.74) is 4.57. The third-order valence-electron chi connectivity index (χ3n) is 7.08. The second-order valence-electron chi connectivity index (χ2n) is 9.57. The molecule has 1 aliphatic heterocycles. The minimum atomic E-state index is -0.873. The number of hydrogen-bond donors (Lipinski definition) is 2. The molecule has 2 aliphatic rings. The van der Waals surface area contributed by atoms with Gasteiger partial charge in [-0.2, -0.15) is 0 Å². The Bertz CT molecular complexity index is 1050. The highest BCUT2D eigenvalue weighted by atomic mass is 16.5. The second kappa shape index (κ2) is 10.5. The molecule has 0 aromatic heterocycles. The van der Waals surface area contributed by atoms with Gasteiger partial charge in [0.15, 0.2) is 0 Å². The molecule has 186 valence electrons. The van der Waals surface area contributed by atoms with Crippen molar-refractivity contribution in [3.63, 3.8) is 0 Å². The molecule has 0 saturated carbocycles. The van der Waals surface area contributed by atoms with Crippen LogP contribution < -0.4 is 5.32 Å². The van der Waals surface area contributed by atoms with Crippen LogP contribution >= 0.6 is 0 Å². The Morgan fingerprint density at radius 3 is 2.00 bits per heavy atom. The molecule has 1 saturated heterocycles. The zero-order valence-corrected chi connectivity index (χ0v) is 20.4. The van der Waals surface area contributed by atoms with Crippen molar-refractivity contribution in [1.82, 2.24) is 15.1 Å². The van der Waals surface area contributed by atoms with E-state index >= 15 is 0 Å². The van der Waals surface area contributed by atoms with Crippen LogP contribution in [0.5, 0.6) is 0 Å². The molecular weight excluding hydrogens is 446 g/mol. The first-order chi connectivity index (χ1) is 16.8. The lowest BCUT2D eigenvalue weighted by Crippen LogP contribution is -2.58. The van der Waals surface area contributed by atoms with E-state index in [1.165, 1.54) is 0 Å². The molecule has 1 heterocycles. The van der Waals surface area contributed by atoms with E-state index in [1.54, 1.807) is 11.8 Å². The van der Waals surface area contributed by atoms with E-state index in [4.69, 9.17) is 4.74 Å². The fourth-order valence-corrected chi connectivity index (χ4v) is 4.96. The third-order valence-corrected chi connectivity index (χ3v) is 7.08. The van der Waals surface area contributed by atoms with Crippen LogP contribution in [-0.2, 0) is 14.3 Å². The van der Waals surface area contributed by atoms with Gasteiger partial charge >= 0.3 is 12.1 Å². The van der Waals surface area contributed by atoms with E-state index in [1.807, 2.05) is 43.0 Å². The predicted molar refractivity (Wildman–Crippen MR) is 132 cm³/mol. The number of ether oxygens (including phenoxy) is 1. The third kappa shape index (κ3) is 5.17. The van der Waals surface area contributed by atoms with Gasteiger partial charge in [0.25, 0.3) is 0 Å². The number of carboxylic acids is 1.